The predicted molar refractivity (Wildman–Crippen MR) is 104 cm³/mol. The molecule has 0 aliphatic heterocycles. The minimum absolute atomic E-state index is 0.323. The van der Waals surface area contributed by atoms with Crippen LogP contribution in [0.1, 0.15) is 10.5 Å². The summed E-state index contributed by atoms with van der Waals surface area (Å²) >= 11 is 3.24. The van der Waals surface area contributed by atoms with E-state index in [0.29, 0.717) is 21.5 Å². The van der Waals surface area contributed by atoms with Crippen molar-refractivity contribution in [3.8, 4) is 11.3 Å². The van der Waals surface area contributed by atoms with E-state index in [1.807, 2.05) is 42.5 Å². The third-order valence-electron chi connectivity index (χ3n) is 4.07. The smallest absolute Gasteiger partial charge is 0.273 e. The maximum absolute atomic E-state index is 13.2. The first-order chi connectivity index (χ1) is 12.6. The van der Waals surface area contributed by atoms with E-state index in [2.05, 4.69) is 31.4 Å². The van der Waals surface area contributed by atoms with Crippen molar-refractivity contribution >= 4 is 38.3 Å². The SMILES string of the molecule is O=C(Nc1ccc(F)cc1Br)c1cc(-c2cccc3ccccc23)n[nH]1. The zero-order chi connectivity index (χ0) is 18.1. The summed E-state index contributed by atoms with van der Waals surface area (Å²) < 4.78 is 13.6. The molecule has 2 N–H and O–H groups in total. The molecule has 0 unspecified atom stereocenters. The van der Waals surface area contributed by atoms with E-state index in [4.69, 9.17) is 0 Å². The van der Waals surface area contributed by atoms with Gasteiger partial charge in [-0.25, -0.2) is 4.39 Å². The first-order valence-corrected chi connectivity index (χ1v) is 8.71. The Morgan fingerprint density at radius 1 is 1.04 bits per heavy atom. The van der Waals surface area contributed by atoms with Crippen LogP contribution >= 0.6 is 15.9 Å². The van der Waals surface area contributed by atoms with Crippen LogP contribution < -0.4 is 5.32 Å². The molecule has 0 saturated carbocycles. The number of fused-ring (bicyclic) bond motifs is 1. The number of amides is 1. The molecule has 0 saturated heterocycles. The van der Waals surface area contributed by atoms with E-state index < -0.39 is 0 Å². The summed E-state index contributed by atoms with van der Waals surface area (Å²) in [7, 11) is 0. The zero-order valence-electron chi connectivity index (χ0n) is 13.5. The summed E-state index contributed by atoms with van der Waals surface area (Å²) in [4.78, 5) is 12.5. The first kappa shape index (κ1) is 16.5. The van der Waals surface area contributed by atoms with Crippen LogP contribution in [0.25, 0.3) is 22.0 Å². The number of carbonyl (C=O) groups is 1. The van der Waals surface area contributed by atoms with Crippen LogP contribution in [-0.2, 0) is 0 Å². The minimum Gasteiger partial charge on any atom is -0.320 e. The molecule has 0 spiro atoms. The average Bonchev–Trinajstić information content (AvgIpc) is 3.13. The Labute approximate surface area is 157 Å². The van der Waals surface area contributed by atoms with Gasteiger partial charge < -0.3 is 5.32 Å². The van der Waals surface area contributed by atoms with E-state index >= 15 is 0 Å². The second-order valence-electron chi connectivity index (χ2n) is 5.77. The van der Waals surface area contributed by atoms with Gasteiger partial charge in [0.1, 0.15) is 11.5 Å². The molecule has 1 amide bonds. The third-order valence-corrected chi connectivity index (χ3v) is 4.72. The Balaban J connectivity index is 1.64. The van der Waals surface area contributed by atoms with E-state index in [0.717, 1.165) is 16.3 Å². The molecule has 0 fully saturated rings. The quantitative estimate of drug-likeness (QED) is 0.476. The molecular weight excluding hydrogens is 397 g/mol. The van der Waals surface area contributed by atoms with E-state index in [9.17, 15) is 9.18 Å². The van der Waals surface area contributed by atoms with Crippen LogP contribution in [0.3, 0.4) is 0 Å². The summed E-state index contributed by atoms with van der Waals surface area (Å²) in [5, 5.41) is 11.9. The largest absolute Gasteiger partial charge is 0.320 e. The number of H-pyrrole nitrogens is 1. The highest BCUT2D eigenvalue weighted by molar-refractivity contribution is 9.10. The zero-order valence-corrected chi connectivity index (χ0v) is 15.0. The standard InChI is InChI=1S/C20H13BrFN3O/c21-16-10-13(22)8-9-17(16)23-20(26)19-11-18(24-25-19)15-7-3-5-12-4-1-2-6-14(12)15/h1-11H,(H,23,26)(H,24,25). The highest BCUT2D eigenvalue weighted by Gasteiger charge is 2.14. The second kappa shape index (κ2) is 6.72. The number of hydrogen-bond donors (Lipinski definition) is 2. The van der Waals surface area contributed by atoms with Crippen molar-refractivity contribution in [1.82, 2.24) is 10.2 Å². The van der Waals surface area contributed by atoms with Gasteiger partial charge in [-0.2, -0.15) is 5.10 Å². The van der Waals surface area contributed by atoms with Gasteiger partial charge in [-0.3, -0.25) is 9.89 Å². The third kappa shape index (κ3) is 3.11. The fourth-order valence-electron chi connectivity index (χ4n) is 2.81. The van der Waals surface area contributed by atoms with Crippen molar-refractivity contribution in [2.24, 2.45) is 0 Å². The molecule has 0 atom stereocenters. The lowest BCUT2D eigenvalue weighted by molar-refractivity contribution is 0.102. The molecule has 0 bridgehead atoms. The van der Waals surface area contributed by atoms with Gasteiger partial charge in [0.25, 0.3) is 5.91 Å². The molecule has 6 heteroatoms. The number of aromatic amines is 1. The van der Waals surface area contributed by atoms with Crippen molar-refractivity contribution in [3.63, 3.8) is 0 Å². The van der Waals surface area contributed by atoms with Crippen molar-refractivity contribution < 1.29 is 9.18 Å². The number of rotatable bonds is 3. The number of aromatic nitrogens is 2. The molecule has 0 radical (unpaired) electrons. The van der Waals surface area contributed by atoms with Gasteiger partial charge in [0, 0.05) is 10.0 Å². The molecule has 4 nitrogen and oxygen atoms in total. The molecular formula is C20H13BrFN3O. The number of anilines is 1. The van der Waals surface area contributed by atoms with Crippen LogP contribution in [0.5, 0.6) is 0 Å². The van der Waals surface area contributed by atoms with Crippen LogP contribution in [-0.4, -0.2) is 16.1 Å². The number of nitrogens with one attached hydrogen (secondary N) is 2. The van der Waals surface area contributed by atoms with E-state index in [1.54, 1.807) is 6.07 Å². The Kier molecular flexibility index (Phi) is 4.26. The molecule has 1 heterocycles. The first-order valence-electron chi connectivity index (χ1n) is 7.92. The van der Waals surface area contributed by atoms with Crippen molar-refractivity contribution in [2.75, 3.05) is 5.32 Å². The Hall–Kier alpha value is -2.99. The second-order valence-corrected chi connectivity index (χ2v) is 6.63. The number of carbonyl (C=O) groups excluding carboxylic acids is 1. The molecule has 0 aliphatic carbocycles. The topological polar surface area (TPSA) is 57.8 Å². The maximum Gasteiger partial charge on any atom is 0.273 e. The predicted octanol–water partition coefficient (Wildman–Crippen LogP) is 5.38. The maximum atomic E-state index is 13.2. The van der Waals surface area contributed by atoms with Gasteiger partial charge in [0.15, 0.2) is 0 Å². The molecule has 128 valence electrons. The van der Waals surface area contributed by atoms with Gasteiger partial charge in [0.2, 0.25) is 0 Å². The number of halogens is 2. The highest BCUT2D eigenvalue weighted by atomic mass is 79.9. The van der Waals surface area contributed by atoms with Crippen molar-refractivity contribution in [1.29, 1.82) is 0 Å². The van der Waals surface area contributed by atoms with Crippen LogP contribution in [0.15, 0.2) is 71.2 Å². The number of benzene rings is 3. The van der Waals surface area contributed by atoms with Gasteiger partial charge in [-0.15, -0.1) is 0 Å². The number of hydrogen-bond acceptors (Lipinski definition) is 2. The summed E-state index contributed by atoms with van der Waals surface area (Å²) in [5.74, 6) is -0.731. The summed E-state index contributed by atoms with van der Waals surface area (Å²) in [5.41, 5.74) is 2.44. The Morgan fingerprint density at radius 2 is 1.85 bits per heavy atom. The number of nitrogens with zero attached hydrogens (tertiary/aromatic N) is 1. The lowest BCUT2D eigenvalue weighted by Crippen LogP contribution is -2.12. The molecule has 1 aromatic heterocycles. The average molecular weight is 410 g/mol. The van der Waals surface area contributed by atoms with Crippen LogP contribution in [0.4, 0.5) is 10.1 Å². The van der Waals surface area contributed by atoms with Gasteiger partial charge >= 0.3 is 0 Å². The minimum atomic E-state index is -0.380. The van der Waals surface area contributed by atoms with Gasteiger partial charge in [-0.05, 0) is 51.0 Å². The molecule has 4 rings (SSSR count). The fourth-order valence-corrected chi connectivity index (χ4v) is 3.26. The van der Waals surface area contributed by atoms with E-state index in [-0.39, 0.29) is 11.7 Å². The normalized spacial score (nSPS) is 10.8. The summed E-state index contributed by atoms with van der Waals surface area (Å²) in [6, 6.07) is 19.8. The highest BCUT2D eigenvalue weighted by Crippen LogP contribution is 2.28. The molecule has 4 aromatic rings. The van der Waals surface area contributed by atoms with Crippen LogP contribution in [0, 0.1) is 5.82 Å². The van der Waals surface area contributed by atoms with Crippen molar-refractivity contribution in [3.05, 3.63) is 82.7 Å². The van der Waals surface area contributed by atoms with Crippen molar-refractivity contribution in [2.45, 2.75) is 0 Å². The monoisotopic (exact) mass is 409 g/mol. The fraction of sp³-hybridized carbons (Fsp3) is 0. The lowest BCUT2D eigenvalue weighted by atomic mass is 10.0. The van der Waals surface area contributed by atoms with Crippen LogP contribution in [0.2, 0.25) is 0 Å². The summed E-state index contributed by atoms with van der Waals surface area (Å²) in [6.07, 6.45) is 0. The Bertz CT molecular complexity index is 1120. The summed E-state index contributed by atoms with van der Waals surface area (Å²) in [6.45, 7) is 0. The Morgan fingerprint density at radius 3 is 2.69 bits per heavy atom. The van der Waals surface area contributed by atoms with E-state index in [1.165, 1.54) is 18.2 Å². The molecule has 26 heavy (non-hydrogen) atoms. The lowest BCUT2D eigenvalue weighted by Gasteiger charge is -2.05. The van der Waals surface area contributed by atoms with Gasteiger partial charge in [-0.1, -0.05) is 42.5 Å². The van der Waals surface area contributed by atoms with Gasteiger partial charge in [0.05, 0.1) is 11.4 Å². The molecule has 0 aliphatic rings. The molecule has 3 aromatic carbocycles.